The molecule has 5 heteroatoms. The van der Waals surface area contributed by atoms with E-state index in [2.05, 4.69) is 0 Å². The van der Waals surface area contributed by atoms with Crippen LogP contribution < -0.4 is 0 Å². The number of benzene rings is 2. The van der Waals surface area contributed by atoms with Crippen molar-refractivity contribution in [2.75, 3.05) is 0 Å². The largest absolute Gasteiger partial charge is 0.420 e. The highest BCUT2D eigenvalue weighted by atomic mass is 19.4. The molecule has 128 valence electrons. The Hall–Kier alpha value is -3.21. The zero-order valence-corrected chi connectivity index (χ0v) is 13.3. The summed E-state index contributed by atoms with van der Waals surface area (Å²) in [5, 5.41) is 0. The Morgan fingerprint density at radius 1 is 0.654 bits per heavy atom. The van der Waals surface area contributed by atoms with Crippen molar-refractivity contribution in [3.63, 3.8) is 0 Å². The van der Waals surface area contributed by atoms with E-state index in [1.54, 1.807) is 36.4 Å². The van der Waals surface area contributed by atoms with Crippen LogP contribution in [0.3, 0.4) is 0 Å². The summed E-state index contributed by atoms with van der Waals surface area (Å²) in [6.07, 6.45) is -1.02. The van der Waals surface area contributed by atoms with Gasteiger partial charge in [0.1, 0.15) is 5.57 Å². The molecule has 0 bridgehead atoms. The Bertz CT molecular complexity index is 1050. The van der Waals surface area contributed by atoms with Crippen LogP contribution in [-0.2, 0) is 0 Å². The molecule has 2 nitrogen and oxygen atoms in total. The first-order chi connectivity index (χ1) is 12.4. The summed E-state index contributed by atoms with van der Waals surface area (Å²) in [6, 6.07) is 13.0. The monoisotopic (exact) mass is 352 g/mol. The van der Waals surface area contributed by atoms with E-state index in [-0.39, 0.29) is 16.9 Å². The number of rotatable bonds is 0. The Kier molecular flexibility index (Phi) is 3.54. The normalized spacial score (nSPS) is 19.1. The van der Waals surface area contributed by atoms with Gasteiger partial charge in [-0.15, -0.1) is 0 Å². The third-order valence-electron chi connectivity index (χ3n) is 4.47. The molecule has 0 saturated heterocycles. The van der Waals surface area contributed by atoms with Crippen LogP contribution in [0.4, 0.5) is 13.2 Å². The summed E-state index contributed by atoms with van der Waals surface area (Å²) >= 11 is 0. The molecule has 0 radical (unpaired) electrons. The fraction of sp³-hybridized carbons (Fsp3) is 0.0476. The number of halogens is 3. The number of fused-ring (bicyclic) bond motifs is 2. The van der Waals surface area contributed by atoms with Crippen LogP contribution in [0.1, 0.15) is 31.8 Å². The Labute approximate surface area is 147 Å². The molecule has 0 atom stereocenters. The maximum absolute atomic E-state index is 13.4. The zero-order valence-electron chi connectivity index (χ0n) is 13.3. The van der Waals surface area contributed by atoms with E-state index in [1.165, 1.54) is 24.3 Å². The second kappa shape index (κ2) is 5.66. The summed E-state index contributed by atoms with van der Waals surface area (Å²) in [4.78, 5) is 24.4. The Morgan fingerprint density at radius 3 is 1.81 bits per heavy atom. The van der Waals surface area contributed by atoms with E-state index in [0.717, 1.165) is 6.08 Å². The molecule has 0 spiro atoms. The zero-order chi connectivity index (χ0) is 18.5. The van der Waals surface area contributed by atoms with Gasteiger partial charge in [0.15, 0.2) is 11.6 Å². The first kappa shape index (κ1) is 16.3. The Morgan fingerprint density at radius 2 is 1.19 bits per heavy atom. The van der Waals surface area contributed by atoms with Crippen LogP contribution in [0.5, 0.6) is 0 Å². The number of carbonyl (C=O) groups is 2. The number of allylic oxidation sites excluding steroid dienone is 6. The summed E-state index contributed by atoms with van der Waals surface area (Å²) in [7, 11) is 0. The lowest BCUT2D eigenvalue weighted by atomic mass is 9.80. The molecule has 0 saturated carbocycles. The third kappa shape index (κ3) is 2.44. The van der Waals surface area contributed by atoms with E-state index in [0.29, 0.717) is 22.3 Å². The van der Waals surface area contributed by atoms with Crippen LogP contribution in [-0.4, -0.2) is 17.7 Å². The minimum atomic E-state index is -4.76. The van der Waals surface area contributed by atoms with Crippen LogP contribution >= 0.6 is 0 Å². The van der Waals surface area contributed by atoms with Crippen molar-refractivity contribution in [2.45, 2.75) is 6.18 Å². The molecule has 2 aromatic carbocycles. The first-order valence-corrected chi connectivity index (χ1v) is 7.87. The number of alkyl halides is 3. The van der Waals surface area contributed by atoms with Crippen molar-refractivity contribution < 1.29 is 22.8 Å². The van der Waals surface area contributed by atoms with Gasteiger partial charge in [-0.1, -0.05) is 48.5 Å². The number of carbonyl (C=O) groups excluding carboxylic acids is 2. The second-order valence-corrected chi connectivity index (χ2v) is 6.00. The van der Waals surface area contributed by atoms with Gasteiger partial charge < -0.3 is 0 Å². The number of hydrogen-bond acceptors (Lipinski definition) is 2. The third-order valence-corrected chi connectivity index (χ3v) is 4.47. The molecular weight excluding hydrogens is 341 g/mol. The number of hydrogen-bond donors (Lipinski definition) is 0. The lowest BCUT2D eigenvalue weighted by molar-refractivity contribution is -0.0887. The van der Waals surface area contributed by atoms with Gasteiger partial charge in [0, 0.05) is 11.1 Å². The summed E-state index contributed by atoms with van der Waals surface area (Å²) in [5.74, 6) is -1.24. The van der Waals surface area contributed by atoms with E-state index < -0.39 is 17.5 Å². The summed E-state index contributed by atoms with van der Waals surface area (Å²) in [5.41, 5.74) is 0.972. The van der Waals surface area contributed by atoms with Gasteiger partial charge >= 0.3 is 6.18 Å². The SMILES string of the molecule is O=C1C=C/C(=C2\C=C(C(F)(F)F)C(=O)c3ccccc32)c2ccccc21. The van der Waals surface area contributed by atoms with Gasteiger partial charge in [-0.05, 0) is 40.5 Å². The molecule has 0 N–H and O–H groups in total. The number of ketones is 2. The maximum Gasteiger partial charge on any atom is 0.420 e. The standard InChI is InChI=1S/C21H11F3O2/c22-21(23,24)18-11-17(13-6-2-4-8-16(13)20(18)26)14-9-10-19(25)15-7-3-1-5-12(14)15/h1-11H/b17-14-. The van der Waals surface area contributed by atoms with Crippen LogP contribution in [0.2, 0.25) is 0 Å². The van der Waals surface area contributed by atoms with Crippen molar-refractivity contribution in [3.05, 3.63) is 94.6 Å². The van der Waals surface area contributed by atoms with Crippen LogP contribution in [0.15, 0.2) is 72.3 Å². The molecule has 2 aliphatic rings. The molecule has 2 aromatic rings. The van der Waals surface area contributed by atoms with Crippen molar-refractivity contribution in [1.29, 1.82) is 0 Å². The molecule has 4 rings (SSSR count). The molecule has 0 amide bonds. The summed E-state index contributed by atoms with van der Waals surface area (Å²) < 4.78 is 40.2. The minimum Gasteiger partial charge on any atom is -0.289 e. The van der Waals surface area contributed by atoms with Gasteiger partial charge in [-0.2, -0.15) is 13.2 Å². The van der Waals surface area contributed by atoms with E-state index in [1.807, 2.05) is 0 Å². The summed E-state index contributed by atoms with van der Waals surface area (Å²) in [6.45, 7) is 0. The first-order valence-electron chi connectivity index (χ1n) is 7.87. The molecule has 2 aliphatic carbocycles. The molecular formula is C21H11F3O2. The maximum atomic E-state index is 13.4. The van der Waals surface area contributed by atoms with E-state index in [9.17, 15) is 22.8 Å². The van der Waals surface area contributed by atoms with Crippen molar-refractivity contribution in [1.82, 2.24) is 0 Å². The van der Waals surface area contributed by atoms with Gasteiger partial charge in [0.05, 0.1) is 0 Å². The van der Waals surface area contributed by atoms with E-state index >= 15 is 0 Å². The molecule has 0 fully saturated rings. The second-order valence-electron chi connectivity index (χ2n) is 6.00. The van der Waals surface area contributed by atoms with Crippen molar-refractivity contribution >= 4 is 22.7 Å². The molecule has 0 unspecified atom stereocenters. The fourth-order valence-corrected chi connectivity index (χ4v) is 3.29. The van der Waals surface area contributed by atoms with Gasteiger partial charge in [-0.25, -0.2) is 0 Å². The quantitative estimate of drug-likeness (QED) is 0.666. The number of Topliss-reactive ketones (excluding diaryl/α,β-unsaturated/α-hetero) is 1. The molecule has 0 aliphatic heterocycles. The average Bonchev–Trinajstić information content (AvgIpc) is 2.62. The topological polar surface area (TPSA) is 34.1 Å². The molecule has 26 heavy (non-hydrogen) atoms. The molecule has 0 aromatic heterocycles. The lowest BCUT2D eigenvalue weighted by Gasteiger charge is -2.23. The van der Waals surface area contributed by atoms with Crippen LogP contribution in [0, 0.1) is 0 Å². The van der Waals surface area contributed by atoms with E-state index in [4.69, 9.17) is 0 Å². The van der Waals surface area contributed by atoms with Gasteiger partial charge in [-0.3, -0.25) is 9.59 Å². The fourth-order valence-electron chi connectivity index (χ4n) is 3.29. The van der Waals surface area contributed by atoms with Crippen molar-refractivity contribution in [2.24, 2.45) is 0 Å². The predicted octanol–water partition coefficient (Wildman–Crippen LogP) is 5.03. The smallest absolute Gasteiger partial charge is 0.289 e. The highest BCUT2D eigenvalue weighted by Crippen LogP contribution is 2.42. The van der Waals surface area contributed by atoms with Gasteiger partial charge in [0.2, 0.25) is 0 Å². The predicted molar refractivity (Wildman–Crippen MR) is 91.6 cm³/mol. The Balaban J connectivity index is 2.08. The minimum absolute atomic E-state index is 0.00704. The van der Waals surface area contributed by atoms with Crippen molar-refractivity contribution in [3.8, 4) is 0 Å². The molecule has 0 heterocycles. The van der Waals surface area contributed by atoms with Gasteiger partial charge in [0.25, 0.3) is 0 Å². The average molecular weight is 352 g/mol. The van der Waals surface area contributed by atoms with Crippen LogP contribution in [0.25, 0.3) is 11.1 Å². The highest BCUT2D eigenvalue weighted by Gasteiger charge is 2.42. The lowest BCUT2D eigenvalue weighted by Crippen LogP contribution is -2.24. The highest BCUT2D eigenvalue weighted by molar-refractivity contribution is 6.22.